The van der Waals surface area contributed by atoms with Gasteiger partial charge in [-0.05, 0) is 37.1 Å². The third kappa shape index (κ3) is 2.59. The maximum absolute atomic E-state index is 12.4. The van der Waals surface area contributed by atoms with Gasteiger partial charge in [0.05, 0.1) is 0 Å². The van der Waals surface area contributed by atoms with Crippen molar-refractivity contribution in [3.63, 3.8) is 0 Å². The van der Waals surface area contributed by atoms with Crippen LogP contribution in [-0.4, -0.2) is 15.3 Å². The highest BCUT2D eigenvalue weighted by molar-refractivity contribution is 6.30. The molecule has 0 atom stereocenters. The SMILES string of the molecule is O=C(Nc1c(-c2ccc(Cl)cc2)nc2ccccn12)C1CCC1. The van der Waals surface area contributed by atoms with Crippen molar-refractivity contribution < 1.29 is 4.79 Å². The molecule has 0 saturated heterocycles. The maximum atomic E-state index is 12.4. The van der Waals surface area contributed by atoms with Gasteiger partial charge in [0.1, 0.15) is 17.2 Å². The molecule has 4 nitrogen and oxygen atoms in total. The minimum atomic E-state index is 0.0807. The molecule has 1 aliphatic carbocycles. The zero-order valence-corrected chi connectivity index (χ0v) is 13.3. The Morgan fingerprint density at radius 3 is 2.65 bits per heavy atom. The number of carbonyl (C=O) groups excluding carboxylic acids is 1. The fraction of sp³-hybridized carbons (Fsp3) is 0.222. The summed E-state index contributed by atoms with van der Waals surface area (Å²) < 4.78 is 1.92. The van der Waals surface area contributed by atoms with Gasteiger partial charge < -0.3 is 5.32 Å². The predicted octanol–water partition coefficient (Wildman–Crippen LogP) is 4.39. The van der Waals surface area contributed by atoms with E-state index in [2.05, 4.69) is 10.3 Å². The summed E-state index contributed by atoms with van der Waals surface area (Å²) in [6.07, 6.45) is 4.99. The van der Waals surface area contributed by atoms with Crippen molar-refractivity contribution in [1.82, 2.24) is 9.38 Å². The van der Waals surface area contributed by atoms with E-state index in [9.17, 15) is 4.79 Å². The zero-order valence-electron chi connectivity index (χ0n) is 12.5. The van der Waals surface area contributed by atoms with E-state index in [4.69, 9.17) is 11.6 Å². The second-order valence-corrected chi connectivity index (χ2v) is 6.30. The first-order valence-corrected chi connectivity index (χ1v) is 8.14. The second-order valence-electron chi connectivity index (χ2n) is 5.86. The van der Waals surface area contributed by atoms with Crippen LogP contribution < -0.4 is 5.32 Å². The van der Waals surface area contributed by atoms with Gasteiger partial charge >= 0.3 is 0 Å². The smallest absolute Gasteiger partial charge is 0.228 e. The molecule has 4 rings (SSSR count). The number of carbonyl (C=O) groups is 1. The first-order chi connectivity index (χ1) is 11.2. The molecule has 1 aromatic carbocycles. The summed E-state index contributed by atoms with van der Waals surface area (Å²) >= 11 is 5.97. The number of benzene rings is 1. The lowest BCUT2D eigenvalue weighted by molar-refractivity contribution is -0.122. The van der Waals surface area contributed by atoms with Crippen LogP contribution in [0.3, 0.4) is 0 Å². The Balaban J connectivity index is 1.80. The van der Waals surface area contributed by atoms with Crippen molar-refractivity contribution >= 4 is 29.0 Å². The first kappa shape index (κ1) is 14.3. The van der Waals surface area contributed by atoms with Crippen LogP contribution in [0.5, 0.6) is 0 Å². The summed E-state index contributed by atoms with van der Waals surface area (Å²) in [7, 11) is 0. The van der Waals surface area contributed by atoms with Crippen molar-refractivity contribution in [1.29, 1.82) is 0 Å². The molecule has 0 radical (unpaired) electrons. The molecular formula is C18H16ClN3O. The Morgan fingerprint density at radius 1 is 1.17 bits per heavy atom. The summed E-state index contributed by atoms with van der Waals surface area (Å²) in [4.78, 5) is 17.1. The number of aromatic nitrogens is 2. The minimum Gasteiger partial charge on any atom is -0.310 e. The second kappa shape index (κ2) is 5.70. The summed E-state index contributed by atoms with van der Waals surface area (Å²) in [6, 6.07) is 13.3. The highest BCUT2D eigenvalue weighted by Crippen LogP contribution is 2.32. The fourth-order valence-corrected chi connectivity index (χ4v) is 2.94. The van der Waals surface area contributed by atoms with E-state index in [0.29, 0.717) is 5.02 Å². The van der Waals surface area contributed by atoms with Crippen LogP contribution in [0.4, 0.5) is 5.82 Å². The normalized spacial score (nSPS) is 14.7. The van der Waals surface area contributed by atoms with Crippen molar-refractivity contribution in [3.05, 3.63) is 53.7 Å². The van der Waals surface area contributed by atoms with Gasteiger partial charge in [0.15, 0.2) is 0 Å². The number of pyridine rings is 1. The molecule has 2 heterocycles. The molecule has 1 amide bonds. The number of hydrogen-bond acceptors (Lipinski definition) is 2. The highest BCUT2D eigenvalue weighted by Gasteiger charge is 2.27. The molecule has 0 unspecified atom stereocenters. The molecular weight excluding hydrogens is 310 g/mol. The number of halogens is 1. The summed E-state index contributed by atoms with van der Waals surface area (Å²) in [5, 5.41) is 3.76. The molecule has 1 saturated carbocycles. The molecule has 3 aromatic rings. The van der Waals surface area contributed by atoms with Gasteiger partial charge in [-0.25, -0.2) is 4.98 Å². The van der Waals surface area contributed by atoms with E-state index < -0.39 is 0 Å². The molecule has 23 heavy (non-hydrogen) atoms. The van der Waals surface area contributed by atoms with Gasteiger partial charge in [0.25, 0.3) is 0 Å². The van der Waals surface area contributed by atoms with Crippen molar-refractivity contribution in [3.8, 4) is 11.3 Å². The minimum absolute atomic E-state index is 0.0807. The zero-order chi connectivity index (χ0) is 15.8. The first-order valence-electron chi connectivity index (χ1n) is 7.76. The molecule has 1 fully saturated rings. The van der Waals surface area contributed by atoms with E-state index in [1.54, 1.807) is 0 Å². The summed E-state index contributed by atoms with van der Waals surface area (Å²) in [6.45, 7) is 0. The van der Waals surface area contributed by atoms with E-state index in [-0.39, 0.29) is 11.8 Å². The van der Waals surface area contributed by atoms with Crippen LogP contribution in [0.1, 0.15) is 19.3 Å². The van der Waals surface area contributed by atoms with Crippen molar-refractivity contribution in [2.75, 3.05) is 5.32 Å². The van der Waals surface area contributed by atoms with E-state index >= 15 is 0 Å². The quantitative estimate of drug-likeness (QED) is 0.776. The average Bonchev–Trinajstić information content (AvgIpc) is 2.85. The largest absolute Gasteiger partial charge is 0.310 e. The lowest BCUT2D eigenvalue weighted by Crippen LogP contribution is -2.28. The Morgan fingerprint density at radius 2 is 1.96 bits per heavy atom. The van der Waals surface area contributed by atoms with Gasteiger partial charge in [-0.2, -0.15) is 0 Å². The third-order valence-corrected chi connectivity index (χ3v) is 4.62. The van der Waals surface area contributed by atoms with E-state index in [1.807, 2.05) is 53.1 Å². The van der Waals surface area contributed by atoms with Crippen LogP contribution >= 0.6 is 11.6 Å². The van der Waals surface area contributed by atoms with E-state index in [0.717, 1.165) is 42.0 Å². The van der Waals surface area contributed by atoms with Crippen LogP contribution in [0.2, 0.25) is 5.02 Å². The number of amides is 1. The standard InChI is InChI=1S/C18H16ClN3O/c19-14-9-7-12(8-10-14)16-17(21-18(23)13-4-3-5-13)22-11-2-1-6-15(22)20-16/h1-2,6-11,13H,3-5H2,(H,21,23). The Kier molecular flexibility index (Phi) is 3.54. The van der Waals surface area contributed by atoms with Gasteiger partial charge in [0.2, 0.25) is 5.91 Å². The molecule has 1 aliphatic rings. The van der Waals surface area contributed by atoms with Crippen molar-refractivity contribution in [2.24, 2.45) is 5.92 Å². The maximum Gasteiger partial charge on any atom is 0.228 e. The van der Waals surface area contributed by atoms with Gasteiger partial charge in [0, 0.05) is 22.7 Å². The number of fused-ring (bicyclic) bond motifs is 1. The topological polar surface area (TPSA) is 46.4 Å². The number of rotatable bonds is 3. The van der Waals surface area contributed by atoms with Crippen LogP contribution in [-0.2, 0) is 4.79 Å². The van der Waals surface area contributed by atoms with Crippen molar-refractivity contribution in [2.45, 2.75) is 19.3 Å². The molecule has 1 N–H and O–H groups in total. The molecule has 0 spiro atoms. The predicted molar refractivity (Wildman–Crippen MR) is 91.6 cm³/mol. The number of anilines is 1. The van der Waals surface area contributed by atoms with Gasteiger partial charge in [-0.15, -0.1) is 0 Å². The van der Waals surface area contributed by atoms with Gasteiger partial charge in [-0.1, -0.05) is 36.2 Å². The summed E-state index contributed by atoms with van der Waals surface area (Å²) in [5.74, 6) is 0.930. The highest BCUT2D eigenvalue weighted by atomic mass is 35.5. The summed E-state index contributed by atoms with van der Waals surface area (Å²) in [5.41, 5.74) is 2.50. The molecule has 0 bridgehead atoms. The number of nitrogens with zero attached hydrogens (tertiary/aromatic N) is 2. The number of hydrogen-bond donors (Lipinski definition) is 1. The lowest BCUT2D eigenvalue weighted by atomic mass is 9.85. The van der Waals surface area contributed by atoms with Crippen LogP contribution in [0, 0.1) is 5.92 Å². The third-order valence-electron chi connectivity index (χ3n) is 4.37. The fourth-order valence-electron chi connectivity index (χ4n) is 2.81. The molecule has 0 aliphatic heterocycles. The van der Waals surface area contributed by atoms with E-state index in [1.165, 1.54) is 0 Å². The average molecular weight is 326 g/mol. The monoisotopic (exact) mass is 325 g/mol. The molecule has 5 heteroatoms. The van der Waals surface area contributed by atoms with Gasteiger partial charge in [-0.3, -0.25) is 9.20 Å². The Labute approximate surface area is 139 Å². The van der Waals surface area contributed by atoms with Crippen LogP contribution in [0.25, 0.3) is 16.9 Å². The lowest BCUT2D eigenvalue weighted by Gasteiger charge is -2.24. The molecule has 116 valence electrons. The number of nitrogens with one attached hydrogen (secondary N) is 1. The number of imidazole rings is 1. The molecule has 2 aromatic heterocycles. The Bertz CT molecular complexity index is 866. The van der Waals surface area contributed by atoms with Crippen LogP contribution in [0.15, 0.2) is 48.7 Å². The Hall–Kier alpha value is -2.33.